The third-order valence-corrected chi connectivity index (χ3v) is 4.73. The van der Waals surface area contributed by atoms with Gasteiger partial charge < -0.3 is 9.66 Å². The first-order valence-corrected chi connectivity index (χ1v) is 5.46. The summed E-state index contributed by atoms with van der Waals surface area (Å²) < 4.78 is 10.3. The second kappa shape index (κ2) is 3.88. The number of carbonyl (C=O) groups is 1. The lowest BCUT2D eigenvalue weighted by molar-refractivity contribution is -0.139. The van der Waals surface area contributed by atoms with Gasteiger partial charge in [0, 0.05) is 0 Å². The number of aliphatic carboxylic acids is 1. The molecular weight excluding hydrogens is 188 g/mol. The van der Waals surface area contributed by atoms with Gasteiger partial charge in [-0.1, -0.05) is 6.92 Å². The molecule has 0 aromatic rings. The first kappa shape index (κ1) is 12.8. The van der Waals surface area contributed by atoms with E-state index in [1.54, 1.807) is 0 Å². The van der Waals surface area contributed by atoms with E-state index in [9.17, 15) is 9.35 Å². The standard InChI is InChI=1S/C9H18O3S/c1-6-8(2,3)13(12)9(4,5)7(10)11/h6H2,1-5H3,(H,10,11). The first-order valence-electron chi connectivity index (χ1n) is 4.31. The molecule has 0 amide bonds. The van der Waals surface area contributed by atoms with E-state index in [2.05, 4.69) is 0 Å². The van der Waals surface area contributed by atoms with E-state index >= 15 is 0 Å². The topological polar surface area (TPSA) is 60.4 Å². The second-order valence-corrected chi connectivity index (χ2v) is 6.86. The molecule has 0 radical (unpaired) electrons. The van der Waals surface area contributed by atoms with Gasteiger partial charge in [0.1, 0.15) is 4.75 Å². The molecule has 0 aliphatic heterocycles. The van der Waals surface area contributed by atoms with Crippen LogP contribution < -0.4 is 0 Å². The number of carboxylic acids is 1. The summed E-state index contributed by atoms with van der Waals surface area (Å²) in [6, 6.07) is 0. The smallest absolute Gasteiger partial charge is 0.359 e. The van der Waals surface area contributed by atoms with Gasteiger partial charge in [-0.15, -0.1) is 0 Å². The Balaban J connectivity index is 4.78. The van der Waals surface area contributed by atoms with Gasteiger partial charge in [0.2, 0.25) is 4.75 Å². The fourth-order valence-electron chi connectivity index (χ4n) is 0.901. The summed E-state index contributed by atoms with van der Waals surface area (Å²) in [7, 11) is 0. The van der Waals surface area contributed by atoms with Crippen LogP contribution in [-0.2, 0) is 16.0 Å². The fourth-order valence-corrected chi connectivity index (χ4v) is 2.70. The second-order valence-electron chi connectivity index (χ2n) is 4.20. The van der Waals surface area contributed by atoms with Crippen LogP contribution in [0, 0.1) is 0 Å². The van der Waals surface area contributed by atoms with E-state index in [-0.39, 0.29) is 0 Å². The molecule has 4 heteroatoms. The highest BCUT2D eigenvalue weighted by atomic mass is 32.2. The summed E-state index contributed by atoms with van der Waals surface area (Å²) in [6.45, 7) is 8.57. The van der Waals surface area contributed by atoms with E-state index in [0.717, 1.165) is 0 Å². The minimum Gasteiger partial charge on any atom is -0.615 e. The zero-order chi connectivity index (χ0) is 10.9. The molecule has 1 unspecified atom stereocenters. The van der Waals surface area contributed by atoms with Crippen molar-refractivity contribution in [3.8, 4) is 0 Å². The maximum absolute atomic E-state index is 11.9. The predicted molar refractivity (Wildman–Crippen MR) is 54.2 cm³/mol. The lowest BCUT2D eigenvalue weighted by Crippen LogP contribution is -2.50. The molecule has 3 nitrogen and oxygen atoms in total. The van der Waals surface area contributed by atoms with Crippen molar-refractivity contribution in [1.29, 1.82) is 0 Å². The summed E-state index contributed by atoms with van der Waals surface area (Å²) in [4.78, 5) is 10.8. The zero-order valence-corrected chi connectivity index (χ0v) is 9.70. The minimum atomic E-state index is -1.37. The summed E-state index contributed by atoms with van der Waals surface area (Å²) >= 11 is -1.37. The Morgan fingerprint density at radius 1 is 1.38 bits per heavy atom. The molecule has 0 aliphatic carbocycles. The monoisotopic (exact) mass is 206 g/mol. The Bertz CT molecular complexity index is 199. The molecule has 0 aromatic carbocycles. The van der Waals surface area contributed by atoms with Crippen molar-refractivity contribution < 1.29 is 14.5 Å². The summed E-state index contributed by atoms with van der Waals surface area (Å²) in [6.07, 6.45) is 0.705. The molecule has 0 saturated carbocycles. The van der Waals surface area contributed by atoms with Gasteiger partial charge in [-0.05, 0) is 45.3 Å². The molecular formula is C9H18O3S. The molecule has 0 rings (SSSR count). The molecule has 0 bridgehead atoms. The largest absolute Gasteiger partial charge is 0.615 e. The van der Waals surface area contributed by atoms with Gasteiger partial charge in [-0.3, -0.25) is 0 Å². The molecule has 1 N–H and O–H groups in total. The van der Waals surface area contributed by atoms with Crippen molar-refractivity contribution in [2.45, 2.75) is 50.5 Å². The van der Waals surface area contributed by atoms with Crippen LogP contribution in [0.4, 0.5) is 0 Å². The number of hydrogen-bond donors (Lipinski definition) is 1. The van der Waals surface area contributed by atoms with E-state index < -0.39 is 26.6 Å². The Hall–Kier alpha value is -0.220. The molecule has 13 heavy (non-hydrogen) atoms. The maximum atomic E-state index is 11.9. The van der Waals surface area contributed by atoms with Crippen LogP contribution in [0.1, 0.15) is 41.0 Å². The average molecular weight is 206 g/mol. The SMILES string of the molecule is CCC(C)(C)[S+]([O-])C(C)(C)C(=O)O. The molecule has 0 aromatic heterocycles. The van der Waals surface area contributed by atoms with Crippen LogP contribution in [0.3, 0.4) is 0 Å². The zero-order valence-electron chi connectivity index (χ0n) is 8.88. The lowest BCUT2D eigenvalue weighted by Gasteiger charge is -2.35. The Morgan fingerprint density at radius 2 is 1.77 bits per heavy atom. The number of hydrogen-bond acceptors (Lipinski definition) is 2. The van der Waals surface area contributed by atoms with E-state index in [0.29, 0.717) is 6.42 Å². The van der Waals surface area contributed by atoms with Gasteiger partial charge in [0.25, 0.3) is 0 Å². The minimum absolute atomic E-state index is 0.443. The first-order chi connectivity index (χ1) is 5.66. The molecule has 1 atom stereocenters. The highest BCUT2D eigenvalue weighted by Gasteiger charge is 2.47. The number of carboxylic acid groups (broad SMARTS) is 1. The molecule has 0 heterocycles. The molecule has 0 saturated heterocycles. The Morgan fingerprint density at radius 3 is 2.00 bits per heavy atom. The fraction of sp³-hybridized carbons (Fsp3) is 0.889. The van der Waals surface area contributed by atoms with E-state index in [4.69, 9.17) is 5.11 Å². The third-order valence-electron chi connectivity index (χ3n) is 2.33. The van der Waals surface area contributed by atoms with Crippen molar-refractivity contribution in [1.82, 2.24) is 0 Å². The molecule has 0 spiro atoms. The van der Waals surface area contributed by atoms with Crippen LogP contribution in [0.2, 0.25) is 0 Å². The predicted octanol–water partition coefficient (Wildman–Crippen LogP) is 1.79. The van der Waals surface area contributed by atoms with Gasteiger partial charge in [0.15, 0.2) is 0 Å². The summed E-state index contributed by atoms with van der Waals surface area (Å²) in [5.74, 6) is -1.01. The van der Waals surface area contributed by atoms with E-state index in [1.807, 2.05) is 20.8 Å². The highest BCUT2D eigenvalue weighted by Crippen LogP contribution is 2.31. The Kier molecular flexibility index (Phi) is 3.82. The van der Waals surface area contributed by atoms with Crippen molar-refractivity contribution in [2.75, 3.05) is 0 Å². The van der Waals surface area contributed by atoms with Crippen LogP contribution in [0.5, 0.6) is 0 Å². The lowest BCUT2D eigenvalue weighted by atomic mass is 10.1. The van der Waals surface area contributed by atoms with Crippen LogP contribution in [0.25, 0.3) is 0 Å². The molecule has 0 fully saturated rings. The van der Waals surface area contributed by atoms with E-state index in [1.165, 1.54) is 13.8 Å². The van der Waals surface area contributed by atoms with Crippen molar-refractivity contribution in [3.05, 3.63) is 0 Å². The normalized spacial score (nSPS) is 15.5. The Labute approximate surface area is 82.7 Å². The van der Waals surface area contributed by atoms with Gasteiger partial charge >= 0.3 is 5.97 Å². The van der Waals surface area contributed by atoms with Crippen molar-refractivity contribution in [2.24, 2.45) is 0 Å². The van der Waals surface area contributed by atoms with Gasteiger partial charge in [0.05, 0.1) is 0 Å². The van der Waals surface area contributed by atoms with Crippen LogP contribution in [0.15, 0.2) is 0 Å². The quantitative estimate of drug-likeness (QED) is 0.713. The number of rotatable bonds is 4. The highest BCUT2D eigenvalue weighted by molar-refractivity contribution is 7.94. The molecule has 78 valence electrons. The third kappa shape index (κ3) is 2.61. The average Bonchev–Trinajstić information content (AvgIpc) is 2.02. The van der Waals surface area contributed by atoms with Gasteiger partial charge in [-0.25, -0.2) is 4.79 Å². The summed E-state index contributed by atoms with van der Waals surface area (Å²) in [5, 5.41) is 8.88. The van der Waals surface area contributed by atoms with Crippen molar-refractivity contribution >= 4 is 17.1 Å². The van der Waals surface area contributed by atoms with Gasteiger partial charge in [-0.2, -0.15) is 0 Å². The maximum Gasteiger partial charge on any atom is 0.359 e. The van der Waals surface area contributed by atoms with Crippen LogP contribution in [-0.4, -0.2) is 25.1 Å². The summed E-state index contributed by atoms with van der Waals surface area (Å²) in [5.41, 5.74) is 0. The van der Waals surface area contributed by atoms with Crippen LogP contribution >= 0.6 is 0 Å². The molecule has 0 aliphatic rings. The van der Waals surface area contributed by atoms with Crippen molar-refractivity contribution in [3.63, 3.8) is 0 Å².